The van der Waals surface area contributed by atoms with Crippen LogP contribution in [-0.2, 0) is 4.74 Å². The van der Waals surface area contributed by atoms with Crippen molar-refractivity contribution in [2.75, 3.05) is 20.8 Å². The summed E-state index contributed by atoms with van der Waals surface area (Å²) in [5.74, 6) is 0. The number of ether oxygens (including phenoxy) is 1. The van der Waals surface area contributed by atoms with Crippen LogP contribution in [0.15, 0.2) is 30.3 Å². The SMILES string of the molecule is CNC(COC)c1cc(C)nc2ccccc12. The van der Waals surface area contributed by atoms with Gasteiger partial charge >= 0.3 is 0 Å². The predicted molar refractivity (Wildman–Crippen MR) is 70.2 cm³/mol. The molecule has 1 aromatic carbocycles. The summed E-state index contributed by atoms with van der Waals surface area (Å²) in [6.07, 6.45) is 0. The molecule has 2 aromatic rings. The molecule has 1 N–H and O–H groups in total. The van der Waals surface area contributed by atoms with E-state index in [9.17, 15) is 0 Å². The van der Waals surface area contributed by atoms with Gasteiger partial charge in [0.15, 0.2) is 0 Å². The molecular formula is C14H18N2O. The van der Waals surface area contributed by atoms with Crippen LogP contribution in [0.5, 0.6) is 0 Å². The highest BCUT2D eigenvalue weighted by atomic mass is 16.5. The van der Waals surface area contributed by atoms with Gasteiger partial charge in [0.25, 0.3) is 0 Å². The van der Waals surface area contributed by atoms with E-state index in [1.165, 1.54) is 10.9 Å². The van der Waals surface area contributed by atoms with Crippen LogP contribution in [0.25, 0.3) is 10.9 Å². The maximum absolute atomic E-state index is 5.26. The highest BCUT2D eigenvalue weighted by Gasteiger charge is 2.13. The molecule has 0 saturated heterocycles. The van der Waals surface area contributed by atoms with Gasteiger partial charge in [-0.15, -0.1) is 0 Å². The van der Waals surface area contributed by atoms with Crippen molar-refractivity contribution >= 4 is 10.9 Å². The van der Waals surface area contributed by atoms with Gasteiger partial charge in [0.1, 0.15) is 0 Å². The van der Waals surface area contributed by atoms with Crippen molar-refractivity contribution in [2.45, 2.75) is 13.0 Å². The summed E-state index contributed by atoms with van der Waals surface area (Å²) in [4.78, 5) is 4.54. The average Bonchev–Trinajstić information content (AvgIpc) is 2.35. The fourth-order valence-corrected chi connectivity index (χ4v) is 2.12. The van der Waals surface area contributed by atoms with Gasteiger partial charge in [0.05, 0.1) is 18.2 Å². The zero-order valence-corrected chi connectivity index (χ0v) is 10.5. The largest absolute Gasteiger partial charge is 0.383 e. The third kappa shape index (κ3) is 2.46. The van der Waals surface area contributed by atoms with E-state index in [0.29, 0.717) is 6.61 Å². The maximum atomic E-state index is 5.26. The molecule has 3 nitrogen and oxygen atoms in total. The minimum Gasteiger partial charge on any atom is -0.383 e. The summed E-state index contributed by atoms with van der Waals surface area (Å²) in [6, 6.07) is 10.5. The fraction of sp³-hybridized carbons (Fsp3) is 0.357. The first-order chi connectivity index (χ1) is 8.26. The van der Waals surface area contributed by atoms with Crippen LogP contribution in [0.2, 0.25) is 0 Å². The van der Waals surface area contributed by atoms with Gasteiger partial charge in [-0.1, -0.05) is 18.2 Å². The second kappa shape index (κ2) is 5.25. The summed E-state index contributed by atoms with van der Waals surface area (Å²) in [5, 5.41) is 4.48. The Bertz CT molecular complexity index is 511. The number of fused-ring (bicyclic) bond motifs is 1. The van der Waals surface area contributed by atoms with E-state index in [2.05, 4.69) is 22.4 Å². The van der Waals surface area contributed by atoms with Crippen LogP contribution in [0.4, 0.5) is 0 Å². The third-order valence-corrected chi connectivity index (χ3v) is 2.93. The summed E-state index contributed by atoms with van der Waals surface area (Å²) >= 11 is 0. The topological polar surface area (TPSA) is 34.1 Å². The number of aryl methyl sites for hydroxylation is 1. The van der Waals surface area contributed by atoms with Gasteiger partial charge in [0, 0.05) is 18.2 Å². The molecule has 0 aliphatic rings. The lowest BCUT2D eigenvalue weighted by atomic mass is 10.0. The standard InChI is InChI=1S/C14H18N2O/c1-10-8-12(14(15-2)9-17-3)11-6-4-5-7-13(11)16-10/h4-8,14-15H,9H2,1-3H3. The number of nitrogens with zero attached hydrogens (tertiary/aromatic N) is 1. The second-order valence-electron chi connectivity index (χ2n) is 4.17. The Morgan fingerprint density at radius 2 is 2.12 bits per heavy atom. The normalized spacial score (nSPS) is 12.9. The third-order valence-electron chi connectivity index (χ3n) is 2.93. The molecule has 1 unspecified atom stereocenters. The predicted octanol–water partition coefficient (Wildman–Crippen LogP) is 2.45. The summed E-state index contributed by atoms with van der Waals surface area (Å²) in [5.41, 5.74) is 3.33. The monoisotopic (exact) mass is 230 g/mol. The molecule has 1 atom stereocenters. The highest BCUT2D eigenvalue weighted by molar-refractivity contribution is 5.82. The second-order valence-corrected chi connectivity index (χ2v) is 4.17. The van der Waals surface area contributed by atoms with Crippen molar-refractivity contribution in [1.29, 1.82) is 0 Å². The first kappa shape index (κ1) is 12.0. The number of methoxy groups -OCH3 is 1. The smallest absolute Gasteiger partial charge is 0.0708 e. The van der Waals surface area contributed by atoms with Gasteiger partial charge in [-0.3, -0.25) is 4.98 Å². The number of rotatable bonds is 4. The Morgan fingerprint density at radius 3 is 2.82 bits per heavy atom. The van der Waals surface area contributed by atoms with Gasteiger partial charge in [-0.05, 0) is 31.7 Å². The molecule has 0 radical (unpaired) electrons. The molecule has 0 spiro atoms. The van der Waals surface area contributed by atoms with Gasteiger partial charge in [-0.2, -0.15) is 0 Å². The molecule has 0 amide bonds. The Balaban J connectivity index is 2.58. The summed E-state index contributed by atoms with van der Waals surface area (Å²) in [6.45, 7) is 2.68. The molecule has 0 aliphatic carbocycles. The van der Waals surface area contributed by atoms with Gasteiger partial charge in [0.2, 0.25) is 0 Å². The lowest BCUT2D eigenvalue weighted by Crippen LogP contribution is -2.21. The van der Waals surface area contributed by atoms with Crippen LogP contribution in [0, 0.1) is 6.92 Å². The van der Waals surface area contributed by atoms with Crippen LogP contribution < -0.4 is 5.32 Å². The Kier molecular flexibility index (Phi) is 3.71. The van der Waals surface area contributed by atoms with Crippen LogP contribution >= 0.6 is 0 Å². The number of benzene rings is 1. The molecule has 0 fully saturated rings. The van der Waals surface area contributed by atoms with E-state index >= 15 is 0 Å². The van der Waals surface area contributed by atoms with Crippen molar-refractivity contribution < 1.29 is 4.74 Å². The molecular weight excluding hydrogens is 212 g/mol. The Morgan fingerprint density at radius 1 is 1.35 bits per heavy atom. The van der Waals surface area contributed by atoms with Crippen molar-refractivity contribution in [1.82, 2.24) is 10.3 Å². The van der Waals surface area contributed by atoms with E-state index < -0.39 is 0 Å². The van der Waals surface area contributed by atoms with E-state index in [1.54, 1.807) is 7.11 Å². The molecule has 0 aliphatic heterocycles. The molecule has 0 bridgehead atoms. The molecule has 3 heteroatoms. The number of likely N-dealkylation sites (N-methyl/N-ethyl adjacent to an activating group) is 1. The Hall–Kier alpha value is -1.45. The summed E-state index contributed by atoms with van der Waals surface area (Å²) < 4.78 is 5.26. The number of hydrogen-bond donors (Lipinski definition) is 1. The molecule has 0 saturated carbocycles. The number of nitrogens with one attached hydrogen (secondary N) is 1. The molecule has 17 heavy (non-hydrogen) atoms. The van der Waals surface area contributed by atoms with Crippen molar-refractivity contribution in [3.63, 3.8) is 0 Å². The van der Waals surface area contributed by atoms with E-state index in [-0.39, 0.29) is 6.04 Å². The molecule has 90 valence electrons. The highest BCUT2D eigenvalue weighted by Crippen LogP contribution is 2.24. The zero-order valence-electron chi connectivity index (χ0n) is 10.5. The summed E-state index contributed by atoms with van der Waals surface area (Å²) in [7, 11) is 3.68. The quantitative estimate of drug-likeness (QED) is 0.876. The van der Waals surface area contributed by atoms with E-state index in [0.717, 1.165) is 11.2 Å². The van der Waals surface area contributed by atoms with Crippen LogP contribution in [-0.4, -0.2) is 25.7 Å². The Labute approximate surface area is 102 Å². The minimum absolute atomic E-state index is 0.201. The van der Waals surface area contributed by atoms with Crippen molar-refractivity contribution in [3.05, 3.63) is 41.6 Å². The first-order valence-corrected chi connectivity index (χ1v) is 5.78. The lowest BCUT2D eigenvalue weighted by Gasteiger charge is -2.18. The fourth-order valence-electron chi connectivity index (χ4n) is 2.12. The number of para-hydroxylation sites is 1. The number of hydrogen-bond acceptors (Lipinski definition) is 3. The van der Waals surface area contributed by atoms with Crippen LogP contribution in [0.1, 0.15) is 17.3 Å². The lowest BCUT2D eigenvalue weighted by molar-refractivity contribution is 0.171. The van der Waals surface area contributed by atoms with Gasteiger partial charge in [-0.25, -0.2) is 0 Å². The van der Waals surface area contributed by atoms with Crippen LogP contribution in [0.3, 0.4) is 0 Å². The number of aromatic nitrogens is 1. The molecule has 1 heterocycles. The molecule has 1 aromatic heterocycles. The molecule has 2 rings (SSSR count). The number of pyridine rings is 1. The van der Waals surface area contributed by atoms with Crippen molar-refractivity contribution in [2.24, 2.45) is 0 Å². The first-order valence-electron chi connectivity index (χ1n) is 5.78. The van der Waals surface area contributed by atoms with E-state index in [4.69, 9.17) is 4.74 Å². The average molecular weight is 230 g/mol. The zero-order chi connectivity index (χ0) is 12.3. The van der Waals surface area contributed by atoms with Gasteiger partial charge < -0.3 is 10.1 Å². The van der Waals surface area contributed by atoms with Crippen molar-refractivity contribution in [3.8, 4) is 0 Å². The van der Waals surface area contributed by atoms with E-state index in [1.807, 2.05) is 32.2 Å². The minimum atomic E-state index is 0.201. The maximum Gasteiger partial charge on any atom is 0.0708 e.